The minimum Gasteiger partial charge on any atom is -0.343 e. The smallest absolute Gasteiger partial charge is 0.343 e. The van der Waals surface area contributed by atoms with Crippen molar-refractivity contribution in [3.8, 4) is 0 Å². The normalized spacial score (nSPS) is 27.1. The van der Waals surface area contributed by atoms with Gasteiger partial charge in [0.05, 0.1) is 6.42 Å². The van der Waals surface area contributed by atoms with Crippen LogP contribution in [-0.2, 0) is 9.59 Å². The molecule has 2 amide bonds. The Morgan fingerprint density at radius 2 is 1.94 bits per heavy atom. The van der Waals surface area contributed by atoms with Crippen molar-refractivity contribution in [2.24, 2.45) is 0 Å². The number of alkyl halides is 3. The minimum absolute atomic E-state index is 0.298. The number of hydrogen-bond donors (Lipinski definition) is 1. The maximum Gasteiger partial charge on any atom is 0.391 e. The number of carbonyl (C=O) groups excluding carboxylic acids is 2. The molecule has 0 bridgehead atoms. The van der Waals surface area contributed by atoms with Crippen molar-refractivity contribution in [3.63, 3.8) is 0 Å². The first-order valence-electron chi connectivity index (χ1n) is 5.86. The van der Waals surface area contributed by atoms with Crippen LogP contribution in [0.4, 0.5) is 13.2 Å². The summed E-state index contributed by atoms with van der Waals surface area (Å²) in [6.07, 6.45) is -5.16. The fourth-order valence-electron chi connectivity index (χ4n) is 2.21. The lowest BCUT2D eigenvalue weighted by molar-refractivity contribution is -0.165. The van der Waals surface area contributed by atoms with Crippen LogP contribution in [0.25, 0.3) is 0 Å². The van der Waals surface area contributed by atoms with Gasteiger partial charge in [-0.05, 0) is 20.3 Å². The number of rotatable bonds is 3. The molecule has 3 unspecified atom stereocenters. The summed E-state index contributed by atoms with van der Waals surface area (Å²) in [6.45, 7) is 4.46. The first kappa shape index (κ1) is 14.8. The van der Waals surface area contributed by atoms with Crippen LogP contribution in [0.15, 0.2) is 0 Å². The quantitative estimate of drug-likeness (QED) is 0.840. The standard InChI is InChI=1S/C11H17F3N2O2/c1-4-8-9(17)15-7(3)10(18)16(8)6(2)5-11(12,13)14/h6-8H,4-5H2,1-3H3,(H,15,17). The molecule has 1 aliphatic rings. The highest BCUT2D eigenvalue weighted by Gasteiger charge is 2.43. The van der Waals surface area contributed by atoms with Gasteiger partial charge in [-0.3, -0.25) is 9.59 Å². The molecule has 1 N–H and O–H groups in total. The predicted octanol–water partition coefficient (Wildman–Crippen LogP) is 1.45. The number of halogens is 3. The SMILES string of the molecule is CCC1C(=O)NC(C)C(=O)N1C(C)CC(F)(F)F. The molecule has 7 heteroatoms. The summed E-state index contributed by atoms with van der Waals surface area (Å²) in [6, 6.07) is -2.61. The van der Waals surface area contributed by atoms with E-state index in [1.165, 1.54) is 13.8 Å². The third-order valence-corrected chi connectivity index (χ3v) is 3.01. The summed E-state index contributed by atoms with van der Waals surface area (Å²) in [5.41, 5.74) is 0. The van der Waals surface area contributed by atoms with Gasteiger partial charge in [-0.25, -0.2) is 0 Å². The molecule has 3 atom stereocenters. The van der Waals surface area contributed by atoms with E-state index in [0.29, 0.717) is 6.42 Å². The first-order valence-corrected chi connectivity index (χ1v) is 5.86. The number of carbonyl (C=O) groups is 2. The van der Waals surface area contributed by atoms with Crippen LogP contribution in [0, 0.1) is 0 Å². The first-order chi connectivity index (χ1) is 8.17. The van der Waals surface area contributed by atoms with Crippen LogP contribution in [-0.4, -0.2) is 41.0 Å². The van der Waals surface area contributed by atoms with Gasteiger partial charge in [0.2, 0.25) is 11.8 Å². The van der Waals surface area contributed by atoms with Gasteiger partial charge in [0.15, 0.2) is 0 Å². The van der Waals surface area contributed by atoms with Crippen LogP contribution in [0.3, 0.4) is 0 Å². The van der Waals surface area contributed by atoms with E-state index in [1.54, 1.807) is 6.92 Å². The zero-order chi connectivity index (χ0) is 14.1. The number of amides is 2. The van der Waals surface area contributed by atoms with Crippen LogP contribution in [0.2, 0.25) is 0 Å². The van der Waals surface area contributed by atoms with Gasteiger partial charge in [0.25, 0.3) is 0 Å². The Morgan fingerprint density at radius 3 is 2.39 bits per heavy atom. The molecule has 1 rings (SSSR count). The van der Waals surface area contributed by atoms with Gasteiger partial charge < -0.3 is 10.2 Å². The molecule has 104 valence electrons. The molecule has 1 fully saturated rings. The van der Waals surface area contributed by atoms with E-state index in [1.807, 2.05) is 0 Å². The Morgan fingerprint density at radius 1 is 1.39 bits per heavy atom. The lowest BCUT2D eigenvalue weighted by Gasteiger charge is -2.41. The number of piperazine rings is 1. The summed E-state index contributed by atoms with van der Waals surface area (Å²) in [4.78, 5) is 24.7. The Balaban J connectivity index is 2.92. The lowest BCUT2D eigenvalue weighted by atomic mass is 10.0. The van der Waals surface area contributed by atoms with E-state index < -0.39 is 42.5 Å². The maximum absolute atomic E-state index is 12.4. The topological polar surface area (TPSA) is 49.4 Å². The number of hydrogen-bond acceptors (Lipinski definition) is 2. The van der Waals surface area contributed by atoms with Gasteiger partial charge in [0.1, 0.15) is 12.1 Å². The fourth-order valence-corrected chi connectivity index (χ4v) is 2.21. The highest BCUT2D eigenvalue weighted by atomic mass is 19.4. The van der Waals surface area contributed by atoms with Crippen LogP contribution >= 0.6 is 0 Å². The summed E-state index contributed by atoms with van der Waals surface area (Å²) in [7, 11) is 0. The zero-order valence-corrected chi connectivity index (χ0v) is 10.5. The number of nitrogens with zero attached hydrogens (tertiary/aromatic N) is 1. The average molecular weight is 266 g/mol. The molecule has 0 radical (unpaired) electrons. The van der Waals surface area contributed by atoms with Gasteiger partial charge >= 0.3 is 6.18 Å². The minimum atomic E-state index is -4.35. The highest BCUT2D eigenvalue weighted by molar-refractivity contribution is 5.96. The Kier molecular flexibility index (Phi) is 4.24. The third-order valence-electron chi connectivity index (χ3n) is 3.01. The zero-order valence-electron chi connectivity index (χ0n) is 10.5. The average Bonchev–Trinajstić information content (AvgIpc) is 2.20. The second kappa shape index (κ2) is 5.16. The Bertz CT molecular complexity index is 344. The summed E-state index contributed by atoms with van der Waals surface area (Å²) in [5.74, 6) is -0.850. The molecule has 0 aromatic heterocycles. The van der Waals surface area contributed by atoms with Crippen LogP contribution < -0.4 is 5.32 Å². The monoisotopic (exact) mass is 266 g/mol. The van der Waals surface area contributed by atoms with E-state index in [0.717, 1.165) is 4.90 Å². The second-order valence-corrected chi connectivity index (χ2v) is 4.57. The van der Waals surface area contributed by atoms with Crippen molar-refractivity contribution >= 4 is 11.8 Å². The van der Waals surface area contributed by atoms with Crippen molar-refractivity contribution in [2.75, 3.05) is 0 Å². The van der Waals surface area contributed by atoms with Gasteiger partial charge in [-0.2, -0.15) is 13.2 Å². The molecule has 0 aliphatic carbocycles. The predicted molar refractivity (Wildman–Crippen MR) is 58.7 cm³/mol. The van der Waals surface area contributed by atoms with Gasteiger partial charge in [-0.15, -0.1) is 0 Å². The molecule has 1 heterocycles. The number of nitrogens with one attached hydrogen (secondary N) is 1. The van der Waals surface area contributed by atoms with Crippen LogP contribution in [0.5, 0.6) is 0 Å². The molecule has 4 nitrogen and oxygen atoms in total. The molecular weight excluding hydrogens is 249 g/mol. The van der Waals surface area contributed by atoms with Crippen molar-refractivity contribution < 1.29 is 22.8 Å². The van der Waals surface area contributed by atoms with E-state index in [9.17, 15) is 22.8 Å². The molecule has 0 saturated carbocycles. The Labute approximate surface area is 104 Å². The van der Waals surface area contributed by atoms with E-state index in [-0.39, 0.29) is 0 Å². The van der Waals surface area contributed by atoms with Crippen molar-refractivity contribution in [2.45, 2.75) is 57.9 Å². The fraction of sp³-hybridized carbons (Fsp3) is 0.818. The molecule has 1 aliphatic heterocycles. The van der Waals surface area contributed by atoms with E-state index in [4.69, 9.17) is 0 Å². The van der Waals surface area contributed by atoms with E-state index in [2.05, 4.69) is 5.32 Å². The van der Waals surface area contributed by atoms with Crippen molar-refractivity contribution in [3.05, 3.63) is 0 Å². The van der Waals surface area contributed by atoms with Gasteiger partial charge in [-0.1, -0.05) is 6.92 Å². The molecule has 1 saturated heterocycles. The summed E-state index contributed by atoms with van der Waals surface area (Å²) >= 11 is 0. The molecular formula is C11H17F3N2O2. The lowest BCUT2D eigenvalue weighted by Crippen LogP contribution is -2.64. The largest absolute Gasteiger partial charge is 0.391 e. The van der Waals surface area contributed by atoms with Gasteiger partial charge in [0, 0.05) is 6.04 Å². The molecule has 18 heavy (non-hydrogen) atoms. The maximum atomic E-state index is 12.4. The van der Waals surface area contributed by atoms with Crippen molar-refractivity contribution in [1.82, 2.24) is 10.2 Å². The molecule has 0 spiro atoms. The van der Waals surface area contributed by atoms with E-state index >= 15 is 0 Å². The highest BCUT2D eigenvalue weighted by Crippen LogP contribution is 2.27. The summed E-state index contributed by atoms with van der Waals surface area (Å²) in [5, 5.41) is 2.47. The third kappa shape index (κ3) is 3.14. The van der Waals surface area contributed by atoms with Crippen LogP contribution in [0.1, 0.15) is 33.6 Å². The summed E-state index contributed by atoms with van der Waals surface area (Å²) < 4.78 is 37.1. The second-order valence-electron chi connectivity index (χ2n) is 4.57. The molecule has 0 aromatic carbocycles. The van der Waals surface area contributed by atoms with Crippen molar-refractivity contribution in [1.29, 1.82) is 0 Å². The molecule has 0 aromatic rings. The Hall–Kier alpha value is -1.27.